The summed E-state index contributed by atoms with van der Waals surface area (Å²) >= 11 is 5.86. The van der Waals surface area contributed by atoms with Gasteiger partial charge in [0.25, 0.3) is 0 Å². The second kappa shape index (κ2) is 6.20. The Morgan fingerprint density at radius 1 is 1.00 bits per heavy atom. The average Bonchev–Trinajstić information content (AvgIpc) is 3.32. The molecular formula is C17H13ClF2N2O2. The Hall–Kier alpha value is -2.47. The summed E-state index contributed by atoms with van der Waals surface area (Å²) in [5, 5.41) is 5.44. The van der Waals surface area contributed by atoms with Gasteiger partial charge < -0.3 is 10.6 Å². The molecule has 124 valence electrons. The molecule has 0 atom stereocenters. The van der Waals surface area contributed by atoms with E-state index in [4.69, 9.17) is 11.6 Å². The molecule has 0 aromatic heterocycles. The molecule has 0 spiro atoms. The van der Waals surface area contributed by atoms with Gasteiger partial charge in [0, 0.05) is 16.8 Å². The maximum absolute atomic E-state index is 13.6. The molecule has 2 N–H and O–H groups in total. The average molecular weight is 351 g/mol. The zero-order valence-electron chi connectivity index (χ0n) is 12.4. The Balaban J connectivity index is 1.73. The van der Waals surface area contributed by atoms with E-state index in [0.29, 0.717) is 29.6 Å². The molecule has 2 amide bonds. The quantitative estimate of drug-likeness (QED) is 0.819. The van der Waals surface area contributed by atoms with Crippen LogP contribution in [0.3, 0.4) is 0 Å². The van der Waals surface area contributed by atoms with Crippen LogP contribution in [0.5, 0.6) is 0 Å². The first-order valence-corrected chi connectivity index (χ1v) is 7.62. The first-order valence-electron chi connectivity index (χ1n) is 7.24. The van der Waals surface area contributed by atoms with Gasteiger partial charge in [-0.05, 0) is 43.2 Å². The minimum Gasteiger partial charge on any atom is -0.325 e. The number of rotatable bonds is 4. The van der Waals surface area contributed by atoms with Gasteiger partial charge in [0.2, 0.25) is 11.8 Å². The highest BCUT2D eigenvalue weighted by atomic mass is 35.5. The lowest BCUT2D eigenvalue weighted by Crippen LogP contribution is -2.35. The van der Waals surface area contributed by atoms with E-state index in [-0.39, 0.29) is 5.69 Å². The summed E-state index contributed by atoms with van der Waals surface area (Å²) in [4.78, 5) is 24.8. The van der Waals surface area contributed by atoms with Gasteiger partial charge in [-0.2, -0.15) is 0 Å². The molecule has 0 heterocycles. The van der Waals surface area contributed by atoms with Crippen molar-refractivity contribution in [1.82, 2.24) is 0 Å². The summed E-state index contributed by atoms with van der Waals surface area (Å²) in [6.07, 6.45) is 0.710. The maximum Gasteiger partial charge on any atom is 0.240 e. The largest absolute Gasteiger partial charge is 0.325 e. The number of carbonyl (C=O) groups excluding carboxylic acids is 2. The van der Waals surface area contributed by atoms with Gasteiger partial charge in [-0.3, -0.25) is 9.59 Å². The monoisotopic (exact) mass is 350 g/mol. The molecule has 1 aliphatic carbocycles. The molecule has 0 unspecified atom stereocenters. The van der Waals surface area contributed by atoms with Gasteiger partial charge in [-0.25, -0.2) is 8.78 Å². The zero-order valence-corrected chi connectivity index (χ0v) is 13.2. The van der Waals surface area contributed by atoms with Crippen LogP contribution in [0, 0.1) is 17.0 Å². The highest BCUT2D eigenvalue weighted by Crippen LogP contribution is 2.47. The Morgan fingerprint density at radius 2 is 1.71 bits per heavy atom. The van der Waals surface area contributed by atoms with E-state index in [1.165, 1.54) is 0 Å². The first kappa shape index (κ1) is 16.4. The highest BCUT2D eigenvalue weighted by Gasteiger charge is 2.56. The van der Waals surface area contributed by atoms with Gasteiger partial charge in [0.05, 0.1) is 5.69 Å². The van der Waals surface area contributed by atoms with Gasteiger partial charge in [0.15, 0.2) is 0 Å². The van der Waals surface area contributed by atoms with Crippen molar-refractivity contribution in [3.05, 3.63) is 59.1 Å². The zero-order chi connectivity index (χ0) is 17.3. The maximum atomic E-state index is 13.6. The minimum atomic E-state index is -1.25. The lowest BCUT2D eigenvalue weighted by molar-refractivity contribution is -0.131. The number of carbonyl (C=O) groups is 2. The normalized spacial score (nSPS) is 14.8. The molecule has 4 nitrogen and oxygen atoms in total. The summed E-state index contributed by atoms with van der Waals surface area (Å²) in [7, 11) is 0. The van der Waals surface area contributed by atoms with E-state index in [9.17, 15) is 18.4 Å². The Bertz CT molecular complexity index is 822. The molecule has 0 bridgehead atoms. The third kappa shape index (κ3) is 3.23. The van der Waals surface area contributed by atoms with E-state index in [1.807, 2.05) is 0 Å². The molecule has 0 aliphatic heterocycles. The third-order valence-electron chi connectivity index (χ3n) is 3.88. The lowest BCUT2D eigenvalue weighted by atomic mass is 10.0. The molecule has 1 aliphatic rings. The summed E-state index contributed by atoms with van der Waals surface area (Å²) < 4.78 is 26.5. The van der Waals surface area contributed by atoms with Crippen LogP contribution in [0.2, 0.25) is 5.02 Å². The number of hydrogen-bond donors (Lipinski definition) is 2. The molecule has 3 rings (SSSR count). The topological polar surface area (TPSA) is 58.2 Å². The molecule has 0 saturated heterocycles. The Kier molecular flexibility index (Phi) is 4.24. The molecule has 7 heteroatoms. The second-order valence-electron chi connectivity index (χ2n) is 5.62. The van der Waals surface area contributed by atoms with Crippen molar-refractivity contribution in [3.8, 4) is 0 Å². The number of anilines is 2. The predicted molar refractivity (Wildman–Crippen MR) is 86.7 cm³/mol. The lowest BCUT2D eigenvalue weighted by Gasteiger charge is -2.16. The van der Waals surface area contributed by atoms with Crippen molar-refractivity contribution in [2.75, 3.05) is 10.6 Å². The number of benzene rings is 2. The molecule has 24 heavy (non-hydrogen) atoms. The Labute approximate surface area is 141 Å². The molecule has 1 fully saturated rings. The van der Waals surface area contributed by atoms with Crippen molar-refractivity contribution in [2.24, 2.45) is 5.41 Å². The smallest absolute Gasteiger partial charge is 0.240 e. The van der Waals surface area contributed by atoms with E-state index in [0.717, 1.165) is 12.1 Å². The first-order chi connectivity index (χ1) is 11.4. The van der Waals surface area contributed by atoms with E-state index in [2.05, 4.69) is 10.6 Å². The van der Waals surface area contributed by atoms with Crippen molar-refractivity contribution in [1.29, 1.82) is 0 Å². The second-order valence-corrected chi connectivity index (χ2v) is 6.06. The van der Waals surface area contributed by atoms with Gasteiger partial charge in [-0.1, -0.05) is 17.7 Å². The standard InChI is InChI=1S/C17H13ClF2N2O2/c18-10-2-1-3-12(8-10)21-15(23)17(6-7-17)16(24)22-14-5-4-11(19)9-13(14)20/h1-5,8-9H,6-7H2,(H,21,23)(H,22,24). The van der Waals surface area contributed by atoms with E-state index < -0.39 is 28.9 Å². The van der Waals surface area contributed by atoms with Crippen LogP contribution in [0.1, 0.15) is 12.8 Å². The molecule has 2 aromatic carbocycles. The minimum absolute atomic E-state index is 0.164. The number of amides is 2. The third-order valence-corrected chi connectivity index (χ3v) is 4.12. The van der Waals surface area contributed by atoms with Gasteiger partial charge in [0.1, 0.15) is 17.0 Å². The Morgan fingerprint density at radius 3 is 2.33 bits per heavy atom. The van der Waals surface area contributed by atoms with E-state index >= 15 is 0 Å². The van der Waals surface area contributed by atoms with Crippen LogP contribution in [0.4, 0.5) is 20.2 Å². The van der Waals surface area contributed by atoms with Crippen molar-refractivity contribution in [2.45, 2.75) is 12.8 Å². The molecular weight excluding hydrogens is 338 g/mol. The van der Waals surface area contributed by atoms with E-state index in [1.54, 1.807) is 24.3 Å². The van der Waals surface area contributed by atoms with Crippen molar-refractivity contribution < 1.29 is 18.4 Å². The highest BCUT2D eigenvalue weighted by molar-refractivity contribution is 6.31. The fraction of sp³-hybridized carbons (Fsp3) is 0.176. The van der Waals surface area contributed by atoms with Crippen LogP contribution in [-0.2, 0) is 9.59 Å². The van der Waals surface area contributed by atoms with Crippen LogP contribution in [0.25, 0.3) is 0 Å². The van der Waals surface area contributed by atoms with Crippen LogP contribution in [-0.4, -0.2) is 11.8 Å². The fourth-order valence-corrected chi connectivity index (χ4v) is 2.52. The molecule has 2 aromatic rings. The predicted octanol–water partition coefficient (Wildman–Crippen LogP) is 3.98. The van der Waals surface area contributed by atoms with Gasteiger partial charge >= 0.3 is 0 Å². The van der Waals surface area contributed by atoms with Crippen molar-refractivity contribution in [3.63, 3.8) is 0 Å². The van der Waals surface area contributed by atoms with Crippen LogP contribution < -0.4 is 10.6 Å². The molecule has 0 radical (unpaired) electrons. The van der Waals surface area contributed by atoms with Crippen LogP contribution >= 0.6 is 11.6 Å². The fourth-order valence-electron chi connectivity index (χ4n) is 2.33. The summed E-state index contributed by atoms with van der Waals surface area (Å²) in [6, 6.07) is 9.36. The molecule has 1 saturated carbocycles. The SMILES string of the molecule is O=C(Nc1cccc(Cl)c1)C1(C(=O)Nc2ccc(F)cc2F)CC1. The summed E-state index contributed by atoms with van der Waals surface area (Å²) in [6.45, 7) is 0. The number of nitrogens with one attached hydrogen (secondary N) is 2. The summed E-state index contributed by atoms with van der Waals surface area (Å²) in [5.74, 6) is -2.74. The number of halogens is 3. The number of hydrogen-bond acceptors (Lipinski definition) is 2. The summed E-state index contributed by atoms with van der Waals surface area (Å²) in [5.41, 5.74) is -0.939. The van der Waals surface area contributed by atoms with Crippen LogP contribution in [0.15, 0.2) is 42.5 Å². The van der Waals surface area contributed by atoms with Gasteiger partial charge in [-0.15, -0.1) is 0 Å². The van der Waals surface area contributed by atoms with Crippen molar-refractivity contribution >= 4 is 34.8 Å².